The van der Waals surface area contributed by atoms with Crippen LogP contribution in [0.1, 0.15) is 44.7 Å². The van der Waals surface area contributed by atoms with E-state index < -0.39 is 0 Å². The number of carbonyl (C=O) groups excluding carboxylic acids is 1. The van der Waals surface area contributed by atoms with Crippen LogP contribution in [0.25, 0.3) is 0 Å². The van der Waals surface area contributed by atoms with Crippen LogP contribution in [0.15, 0.2) is 42.5 Å². The van der Waals surface area contributed by atoms with Gasteiger partial charge in [0.1, 0.15) is 22.8 Å². The molecule has 5 nitrogen and oxygen atoms in total. The lowest BCUT2D eigenvalue weighted by Gasteiger charge is -2.38. The van der Waals surface area contributed by atoms with Gasteiger partial charge in [-0.25, -0.2) is 0 Å². The number of hydrogen-bond donors (Lipinski definition) is 1. The van der Waals surface area contributed by atoms with Gasteiger partial charge in [-0.1, -0.05) is 11.6 Å². The van der Waals surface area contributed by atoms with Crippen molar-refractivity contribution in [2.75, 3.05) is 13.7 Å². The van der Waals surface area contributed by atoms with Crippen LogP contribution in [0.3, 0.4) is 0 Å². The number of nitrogens with one attached hydrogen (secondary N) is 1. The summed E-state index contributed by atoms with van der Waals surface area (Å²) in [5, 5.41) is 3.81. The van der Waals surface area contributed by atoms with Gasteiger partial charge in [0.15, 0.2) is 0 Å². The topological polar surface area (TPSA) is 56.8 Å². The van der Waals surface area contributed by atoms with Gasteiger partial charge >= 0.3 is 0 Å². The molecule has 6 heteroatoms. The summed E-state index contributed by atoms with van der Waals surface area (Å²) in [4.78, 5) is 12.5. The monoisotopic (exact) mass is 403 g/mol. The predicted molar refractivity (Wildman–Crippen MR) is 109 cm³/mol. The van der Waals surface area contributed by atoms with Crippen molar-refractivity contribution < 1.29 is 19.0 Å². The smallest absolute Gasteiger partial charge is 0.220 e. The molecule has 1 heterocycles. The molecule has 0 unspecified atom stereocenters. The molecule has 0 saturated carbocycles. The number of methoxy groups -OCH3 is 1. The second kappa shape index (κ2) is 8.74. The van der Waals surface area contributed by atoms with Gasteiger partial charge in [0, 0.05) is 23.4 Å². The first-order chi connectivity index (χ1) is 13.4. The van der Waals surface area contributed by atoms with E-state index in [0.717, 1.165) is 22.8 Å². The third-order valence-electron chi connectivity index (χ3n) is 4.64. The average molecular weight is 404 g/mol. The van der Waals surface area contributed by atoms with Crippen LogP contribution < -0.4 is 19.5 Å². The molecule has 1 N–H and O–H groups in total. The first-order valence-electron chi connectivity index (χ1n) is 9.41. The molecule has 0 fully saturated rings. The van der Waals surface area contributed by atoms with Gasteiger partial charge in [-0.15, -0.1) is 0 Å². The van der Waals surface area contributed by atoms with E-state index in [9.17, 15) is 4.79 Å². The molecule has 0 saturated heterocycles. The van der Waals surface area contributed by atoms with E-state index in [2.05, 4.69) is 5.32 Å². The van der Waals surface area contributed by atoms with Gasteiger partial charge < -0.3 is 19.5 Å². The number of ether oxygens (including phenoxy) is 3. The van der Waals surface area contributed by atoms with E-state index in [0.29, 0.717) is 30.9 Å². The Labute approximate surface area is 170 Å². The van der Waals surface area contributed by atoms with Crippen LogP contribution in [-0.2, 0) is 4.79 Å². The minimum atomic E-state index is -0.350. The Kier molecular flexibility index (Phi) is 6.35. The molecular formula is C22H26ClNO4. The molecular weight excluding hydrogens is 378 g/mol. The summed E-state index contributed by atoms with van der Waals surface area (Å²) in [5.41, 5.74) is 0.599. The molecule has 2 aromatic rings. The number of fused-ring (bicyclic) bond motifs is 1. The van der Waals surface area contributed by atoms with Crippen molar-refractivity contribution in [3.8, 4) is 17.2 Å². The molecule has 0 radical (unpaired) electrons. The fourth-order valence-corrected chi connectivity index (χ4v) is 3.43. The molecule has 0 spiro atoms. The van der Waals surface area contributed by atoms with E-state index in [4.69, 9.17) is 25.8 Å². The van der Waals surface area contributed by atoms with Crippen molar-refractivity contribution in [3.63, 3.8) is 0 Å². The van der Waals surface area contributed by atoms with E-state index in [1.807, 2.05) is 44.2 Å². The van der Waals surface area contributed by atoms with E-state index in [1.165, 1.54) is 0 Å². The van der Waals surface area contributed by atoms with Gasteiger partial charge in [-0.3, -0.25) is 4.79 Å². The van der Waals surface area contributed by atoms with Crippen molar-refractivity contribution in [3.05, 3.63) is 53.1 Å². The Balaban J connectivity index is 1.55. The highest BCUT2D eigenvalue weighted by atomic mass is 35.5. The molecule has 0 aromatic heterocycles. The van der Waals surface area contributed by atoms with Crippen molar-refractivity contribution in [1.29, 1.82) is 0 Å². The zero-order valence-electron chi connectivity index (χ0n) is 16.5. The van der Waals surface area contributed by atoms with E-state index >= 15 is 0 Å². The Morgan fingerprint density at radius 2 is 1.93 bits per heavy atom. The number of hydrogen-bond acceptors (Lipinski definition) is 4. The highest BCUT2D eigenvalue weighted by Gasteiger charge is 2.34. The number of amides is 1. The first kappa shape index (κ1) is 20.3. The molecule has 0 bridgehead atoms. The summed E-state index contributed by atoms with van der Waals surface area (Å²) in [7, 11) is 1.63. The van der Waals surface area contributed by atoms with Gasteiger partial charge in [0.25, 0.3) is 0 Å². The molecule has 0 aliphatic carbocycles. The number of carbonyl (C=O) groups is 1. The minimum Gasteiger partial charge on any atom is -0.497 e. The second-order valence-electron chi connectivity index (χ2n) is 7.50. The molecule has 150 valence electrons. The fourth-order valence-electron chi connectivity index (χ4n) is 3.31. The van der Waals surface area contributed by atoms with Crippen molar-refractivity contribution in [2.24, 2.45) is 0 Å². The van der Waals surface area contributed by atoms with Crippen molar-refractivity contribution in [2.45, 2.75) is 44.8 Å². The molecule has 2 aromatic carbocycles. The largest absolute Gasteiger partial charge is 0.497 e. The van der Waals surface area contributed by atoms with Crippen molar-refractivity contribution in [1.82, 2.24) is 5.32 Å². The Bertz CT molecular complexity index is 820. The van der Waals surface area contributed by atoms with Crippen LogP contribution >= 0.6 is 11.6 Å². The molecule has 3 rings (SSSR count). The quantitative estimate of drug-likeness (QED) is 0.666. The van der Waals surface area contributed by atoms with Gasteiger partial charge in [0.05, 0.1) is 19.8 Å². The summed E-state index contributed by atoms with van der Waals surface area (Å²) >= 11 is 5.86. The Morgan fingerprint density at radius 1 is 1.21 bits per heavy atom. The SMILES string of the molecule is COc1ccc2c(c1)[C@H](NC(=O)CCCOc1ccc(Cl)cc1)CC(C)(C)O2. The Morgan fingerprint density at radius 3 is 2.64 bits per heavy atom. The summed E-state index contributed by atoms with van der Waals surface area (Å²) in [5.74, 6) is 2.28. The van der Waals surface area contributed by atoms with Crippen LogP contribution in [0.2, 0.25) is 5.02 Å². The number of rotatable bonds is 7. The minimum absolute atomic E-state index is 0.00354. The lowest BCUT2D eigenvalue weighted by Crippen LogP contribution is -2.41. The Hall–Kier alpha value is -2.40. The standard InChI is InChI=1S/C22H26ClNO4/c1-22(2)14-19(18-13-17(26-3)10-11-20(18)28-22)24-21(25)5-4-12-27-16-8-6-15(23)7-9-16/h6-11,13,19H,4-5,12,14H2,1-3H3,(H,24,25)/t19-/m1/s1. The lowest BCUT2D eigenvalue weighted by molar-refractivity contribution is -0.122. The lowest BCUT2D eigenvalue weighted by atomic mass is 9.89. The molecule has 28 heavy (non-hydrogen) atoms. The van der Waals surface area contributed by atoms with Gasteiger partial charge in [-0.2, -0.15) is 0 Å². The number of benzene rings is 2. The summed E-state index contributed by atoms with van der Waals surface area (Å²) in [6, 6.07) is 12.8. The van der Waals surface area contributed by atoms with Gasteiger partial charge in [0.2, 0.25) is 5.91 Å². The average Bonchev–Trinajstić information content (AvgIpc) is 2.65. The van der Waals surface area contributed by atoms with E-state index in [1.54, 1.807) is 19.2 Å². The van der Waals surface area contributed by atoms with Crippen LogP contribution in [0.4, 0.5) is 0 Å². The van der Waals surface area contributed by atoms with Gasteiger partial charge in [-0.05, 0) is 62.7 Å². The van der Waals surface area contributed by atoms with Crippen LogP contribution in [0, 0.1) is 0 Å². The zero-order chi connectivity index (χ0) is 20.1. The predicted octanol–water partition coefficient (Wildman–Crippen LogP) is 4.93. The van der Waals surface area contributed by atoms with Crippen molar-refractivity contribution >= 4 is 17.5 Å². The maximum absolute atomic E-state index is 12.5. The fraction of sp³-hybridized carbons (Fsp3) is 0.409. The maximum atomic E-state index is 12.5. The van der Waals surface area contributed by atoms with E-state index in [-0.39, 0.29) is 17.6 Å². The third-order valence-corrected chi connectivity index (χ3v) is 4.89. The third kappa shape index (κ3) is 5.32. The highest BCUT2D eigenvalue weighted by molar-refractivity contribution is 6.30. The second-order valence-corrected chi connectivity index (χ2v) is 7.93. The number of halogens is 1. The molecule has 1 amide bonds. The molecule has 1 aliphatic heterocycles. The summed E-state index contributed by atoms with van der Waals surface area (Å²) in [6.07, 6.45) is 1.72. The molecule has 1 atom stereocenters. The molecule has 1 aliphatic rings. The van der Waals surface area contributed by atoms with Crippen LogP contribution in [-0.4, -0.2) is 25.2 Å². The summed E-state index contributed by atoms with van der Waals surface area (Å²) < 4.78 is 17.0. The first-order valence-corrected chi connectivity index (χ1v) is 9.79. The highest BCUT2D eigenvalue weighted by Crippen LogP contribution is 2.41. The summed E-state index contributed by atoms with van der Waals surface area (Å²) in [6.45, 7) is 4.53. The zero-order valence-corrected chi connectivity index (χ0v) is 17.2. The van der Waals surface area contributed by atoms with Crippen LogP contribution in [0.5, 0.6) is 17.2 Å². The normalized spacial score (nSPS) is 17.2. The maximum Gasteiger partial charge on any atom is 0.220 e.